The average Bonchev–Trinajstić information content (AvgIpc) is 3.65. The van der Waals surface area contributed by atoms with E-state index in [9.17, 15) is 14.4 Å². The first-order valence-electron chi connectivity index (χ1n) is 9.96. The molecule has 2 aliphatic rings. The third kappa shape index (κ3) is 3.24. The number of hydrogen-bond donors (Lipinski definition) is 0. The van der Waals surface area contributed by atoms with Gasteiger partial charge >= 0.3 is 0 Å². The normalized spacial score (nSPS) is 14.6. The highest BCUT2D eigenvalue weighted by Gasteiger charge is 2.35. The number of rotatable bonds is 2. The number of thiophene rings is 4. The van der Waals surface area contributed by atoms with E-state index in [4.69, 9.17) is 12.2 Å². The summed E-state index contributed by atoms with van der Waals surface area (Å²) in [5, 5.41) is 0. The van der Waals surface area contributed by atoms with Gasteiger partial charge in [-0.15, -0.1) is 45.3 Å². The van der Waals surface area contributed by atoms with Crippen molar-refractivity contribution in [1.29, 1.82) is 0 Å². The second-order valence-electron chi connectivity index (χ2n) is 7.62. The second kappa shape index (κ2) is 7.80. The summed E-state index contributed by atoms with van der Waals surface area (Å²) < 4.78 is 0. The summed E-state index contributed by atoms with van der Waals surface area (Å²) >= 11 is 11.4. The minimum absolute atomic E-state index is 0.0516. The van der Waals surface area contributed by atoms with E-state index >= 15 is 0 Å². The number of fused-ring (bicyclic) bond motifs is 2. The van der Waals surface area contributed by atoms with E-state index in [1.807, 2.05) is 30.3 Å². The SMILES string of the molecule is CN1C(=O)c2cc(-c3ccc(C#Cc4ccc(-c5cc6c(s5)C(=S)N(C)C6=O)s4)s3)sc2C1=O. The summed E-state index contributed by atoms with van der Waals surface area (Å²) in [5.41, 5.74) is 1.16. The van der Waals surface area contributed by atoms with Gasteiger partial charge in [0, 0.05) is 33.6 Å². The molecular weight excluding hydrogens is 525 g/mol. The molecule has 0 radical (unpaired) electrons. The number of amides is 3. The Morgan fingerprint density at radius 2 is 1.15 bits per heavy atom. The lowest BCUT2D eigenvalue weighted by molar-refractivity contribution is 0.0693. The van der Waals surface area contributed by atoms with Crippen molar-refractivity contribution in [2.75, 3.05) is 14.1 Å². The maximum absolute atomic E-state index is 12.3. The molecule has 0 fully saturated rings. The standard InChI is InChI=1S/C24H12N2O3S5/c1-25-21(27)13-9-17(33-19(13)23(25)29)15-7-5-11(31-15)3-4-12-6-8-16(32-12)18-10-14-20(34-18)24(30)26(2)22(14)28/h5-10H,1-2H3. The monoisotopic (exact) mass is 536 g/mol. The number of imide groups is 1. The second-order valence-corrected chi connectivity index (χ2v) is 12.3. The van der Waals surface area contributed by atoms with Crippen LogP contribution in [0.1, 0.15) is 45.0 Å². The maximum atomic E-state index is 12.3. The molecule has 0 saturated carbocycles. The minimum atomic E-state index is -0.248. The lowest BCUT2D eigenvalue weighted by atomic mass is 10.2. The predicted molar refractivity (Wildman–Crippen MR) is 141 cm³/mol. The number of nitrogens with zero attached hydrogens (tertiary/aromatic N) is 2. The van der Waals surface area contributed by atoms with Crippen LogP contribution in [0.5, 0.6) is 0 Å². The zero-order valence-electron chi connectivity index (χ0n) is 17.6. The molecule has 0 atom stereocenters. The highest BCUT2D eigenvalue weighted by atomic mass is 32.1. The quantitative estimate of drug-likeness (QED) is 0.189. The third-order valence-corrected chi connectivity index (χ3v) is 10.8. The van der Waals surface area contributed by atoms with Gasteiger partial charge in [0.25, 0.3) is 17.7 Å². The summed E-state index contributed by atoms with van der Waals surface area (Å²) in [5.74, 6) is 5.89. The van der Waals surface area contributed by atoms with Crippen LogP contribution in [0.4, 0.5) is 0 Å². The van der Waals surface area contributed by atoms with E-state index < -0.39 is 0 Å². The van der Waals surface area contributed by atoms with E-state index in [1.54, 1.807) is 35.8 Å². The number of hydrogen-bond acceptors (Lipinski definition) is 8. The van der Waals surface area contributed by atoms with Gasteiger partial charge in [-0.3, -0.25) is 19.3 Å². The van der Waals surface area contributed by atoms with Crippen LogP contribution in [0.25, 0.3) is 19.5 Å². The highest BCUT2D eigenvalue weighted by molar-refractivity contribution is 7.81. The third-order valence-electron chi connectivity index (χ3n) is 5.54. The molecule has 6 rings (SSSR count). The molecule has 0 unspecified atom stereocenters. The fourth-order valence-electron chi connectivity index (χ4n) is 3.71. The van der Waals surface area contributed by atoms with Crippen LogP contribution in [0, 0.1) is 11.8 Å². The van der Waals surface area contributed by atoms with E-state index in [0.29, 0.717) is 21.0 Å². The molecular formula is C24H12N2O3S5. The van der Waals surface area contributed by atoms with E-state index in [1.165, 1.54) is 34.6 Å². The van der Waals surface area contributed by atoms with Crippen molar-refractivity contribution in [2.24, 2.45) is 0 Å². The lowest BCUT2D eigenvalue weighted by Gasteiger charge is -2.07. The Kier molecular flexibility index (Phi) is 4.95. The van der Waals surface area contributed by atoms with Crippen molar-refractivity contribution in [1.82, 2.24) is 9.80 Å². The van der Waals surface area contributed by atoms with Crippen molar-refractivity contribution in [3.05, 3.63) is 67.0 Å². The van der Waals surface area contributed by atoms with Gasteiger partial charge in [-0.2, -0.15) is 0 Å². The molecule has 34 heavy (non-hydrogen) atoms. The van der Waals surface area contributed by atoms with Crippen LogP contribution in [-0.4, -0.2) is 46.6 Å². The average molecular weight is 537 g/mol. The molecule has 0 spiro atoms. The van der Waals surface area contributed by atoms with Gasteiger partial charge in [0.2, 0.25) is 0 Å². The minimum Gasteiger partial charge on any atom is -0.301 e. The van der Waals surface area contributed by atoms with Crippen LogP contribution in [0.3, 0.4) is 0 Å². The Labute approximate surface area is 215 Å². The Morgan fingerprint density at radius 1 is 0.647 bits per heavy atom. The number of carbonyl (C=O) groups is 3. The Morgan fingerprint density at radius 3 is 1.68 bits per heavy atom. The van der Waals surface area contributed by atoms with Crippen molar-refractivity contribution < 1.29 is 14.4 Å². The van der Waals surface area contributed by atoms with Crippen molar-refractivity contribution >= 4 is 80.3 Å². The maximum Gasteiger partial charge on any atom is 0.271 e. The fraction of sp³-hybridized carbons (Fsp3) is 0.0833. The number of thiocarbonyl (C=S) groups is 1. The van der Waals surface area contributed by atoms with Crippen LogP contribution in [0.15, 0.2) is 36.4 Å². The zero-order valence-corrected chi connectivity index (χ0v) is 21.7. The number of carbonyl (C=O) groups excluding carboxylic acids is 3. The van der Waals surface area contributed by atoms with Crippen LogP contribution < -0.4 is 0 Å². The molecule has 0 aliphatic carbocycles. The smallest absolute Gasteiger partial charge is 0.271 e. The molecule has 0 saturated heterocycles. The Balaban J connectivity index is 1.22. The van der Waals surface area contributed by atoms with Gasteiger partial charge in [-0.25, -0.2) is 0 Å². The molecule has 2 aliphatic heterocycles. The van der Waals surface area contributed by atoms with Gasteiger partial charge in [0.05, 0.1) is 25.8 Å². The summed E-state index contributed by atoms with van der Waals surface area (Å²) in [7, 11) is 3.21. The van der Waals surface area contributed by atoms with Gasteiger partial charge in [0.1, 0.15) is 9.87 Å². The van der Waals surface area contributed by atoms with Crippen molar-refractivity contribution in [3.63, 3.8) is 0 Å². The topological polar surface area (TPSA) is 57.7 Å². The van der Waals surface area contributed by atoms with Crippen LogP contribution in [0.2, 0.25) is 0 Å². The first-order valence-corrected chi connectivity index (χ1v) is 13.6. The van der Waals surface area contributed by atoms with Crippen LogP contribution in [-0.2, 0) is 0 Å². The molecule has 5 nitrogen and oxygen atoms in total. The molecule has 3 amide bonds. The largest absolute Gasteiger partial charge is 0.301 e. The fourth-order valence-corrected chi connectivity index (χ4v) is 8.16. The zero-order chi connectivity index (χ0) is 23.7. The van der Waals surface area contributed by atoms with Gasteiger partial charge < -0.3 is 4.90 Å². The molecule has 166 valence electrons. The molecule has 0 N–H and O–H groups in total. The Bertz CT molecular complexity index is 1450. The first kappa shape index (κ1) is 21.6. The Hall–Kier alpha value is -2.94. The summed E-state index contributed by atoms with van der Waals surface area (Å²) in [6, 6.07) is 11.6. The molecule has 4 aromatic heterocycles. The molecule has 0 bridgehead atoms. The highest BCUT2D eigenvalue weighted by Crippen LogP contribution is 2.40. The van der Waals surface area contributed by atoms with E-state index in [2.05, 4.69) is 11.8 Å². The molecule has 6 heterocycles. The summed E-state index contributed by atoms with van der Waals surface area (Å²) in [6.45, 7) is 0. The first-order chi connectivity index (χ1) is 16.3. The molecule has 0 aromatic carbocycles. The molecule has 4 aromatic rings. The molecule has 10 heteroatoms. The van der Waals surface area contributed by atoms with E-state index in [-0.39, 0.29) is 17.7 Å². The van der Waals surface area contributed by atoms with E-state index in [0.717, 1.165) is 39.0 Å². The lowest BCUT2D eigenvalue weighted by Crippen LogP contribution is -2.24. The van der Waals surface area contributed by atoms with Gasteiger partial charge in [-0.05, 0) is 48.2 Å². The van der Waals surface area contributed by atoms with Crippen molar-refractivity contribution in [2.45, 2.75) is 0 Å². The van der Waals surface area contributed by atoms with Gasteiger partial charge in [0.15, 0.2) is 0 Å². The van der Waals surface area contributed by atoms with Gasteiger partial charge in [-0.1, -0.05) is 12.2 Å². The van der Waals surface area contributed by atoms with Crippen LogP contribution >= 0.6 is 57.6 Å². The predicted octanol–water partition coefficient (Wildman–Crippen LogP) is 5.65. The summed E-state index contributed by atoms with van der Waals surface area (Å²) in [4.78, 5) is 47.1. The summed E-state index contributed by atoms with van der Waals surface area (Å²) in [6.07, 6.45) is 0. The van der Waals surface area contributed by atoms with Crippen molar-refractivity contribution in [3.8, 4) is 31.3 Å².